The molecule has 7 heteroatoms. The first-order valence-corrected chi connectivity index (χ1v) is 5.65. The second-order valence-electron chi connectivity index (χ2n) is 4.24. The predicted molar refractivity (Wildman–Crippen MR) is 66.5 cm³/mol. The molecule has 18 heavy (non-hydrogen) atoms. The molecule has 2 rings (SSSR count). The fourth-order valence-corrected chi connectivity index (χ4v) is 1.64. The molecule has 0 atom stereocenters. The maximum absolute atomic E-state index is 8.66. The summed E-state index contributed by atoms with van der Waals surface area (Å²) in [4.78, 5) is 4.04. The molecular formula is C11H16N6O. The SMILES string of the molecule is CC(C)n1ccc(Cn2ccnc2C(N)=NO)n1. The average Bonchev–Trinajstić information content (AvgIpc) is 2.97. The molecule has 7 nitrogen and oxygen atoms in total. The number of hydrogen-bond acceptors (Lipinski definition) is 4. The number of oxime groups is 1. The van der Waals surface area contributed by atoms with Crippen LogP contribution in [0.3, 0.4) is 0 Å². The molecule has 0 saturated heterocycles. The summed E-state index contributed by atoms with van der Waals surface area (Å²) in [6.45, 7) is 4.66. The molecule has 0 amide bonds. The van der Waals surface area contributed by atoms with E-state index in [1.54, 1.807) is 17.0 Å². The van der Waals surface area contributed by atoms with E-state index in [0.717, 1.165) is 5.69 Å². The third kappa shape index (κ3) is 2.34. The van der Waals surface area contributed by atoms with Gasteiger partial charge < -0.3 is 15.5 Å². The van der Waals surface area contributed by atoms with Gasteiger partial charge in [0.15, 0.2) is 5.82 Å². The smallest absolute Gasteiger partial charge is 0.206 e. The van der Waals surface area contributed by atoms with Crippen molar-refractivity contribution in [1.29, 1.82) is 0 Å². The van der Waals surface area contributed by atoms with Gasteiger partial charge in [0, 0.05) is 24.6 Å². The number of amidine groups is 1. The molecule has 0 aliphatic heterocycles. The maximum atomic E-state index is 8.66. The summed E-state index contributed by atoms with van der Waals surface area (Å²) in [5.41, 5.74) is 6.43. The van der Waals surface area contributed by atoms with E-state index < -0.39 is 0 Å². The van der Waals surface area contributed by atoms with E-state index in [-0.39, 0.29) is 5.84 Å². The number of imidazole rings is 1. The van der Waals surface area contributed by atoms with Gasteiger partial charge in [-0.1, -0.05) is 5.16 Å². The topological polar surface area (TPSA) is 94.2 Å². The van der Waals surface area contributed by atoms with Crippen molar-refractivity contribution in [3.63, 3.8) is 0 Å². The van der Waals surface area contributed by atoms with Gasteiger partial charge >= 0.3 is 0 Å². The van der Waals surface area contributed by atoms with Crippen molar-refractivity contribution in [2.45, 2.75) is 26.4 Å². The molecule has 0 aliphatic carbocycles. The van der Waals surface area contributed by atoms with Crippen LogP contribution >= 0.6 is 0 Å². The van der Waals surface area contributed by atoms with Crippen LogP contribution in [0.4, 0.5) is 0 Å². The largest absolute Gasteiger partial charge is 0.409 e. The molecular weight excluding hydrogens is 232 g/mol. The van der Waals surface area contributed by atoms with Crippen LogP contribution in [0.25, 0.3) is 0 Å². The lowest BCUT2D eigenvalue weighted by atomic mass is 10.4. The Morgan fingerprint density at radius 1 is 1.50 bits per heavy atom. The Kier molecular flexibility index (Phi) is 3.31. The second kappa shape index (κ2) is 4.91. The van der Waals surface area contributed by atoms with Crippen LogP contribution in [0, 0.1) is 0 Å². The molecule has 0 aromatic carbocycles. The highest BCUT2D eigenvalue weighted by Gasteiger charge is 2.09. The summed E-state index contributed by atoms with van der Waals surface area (Å²) < 4.78 is 3.66. The van der Waals surface area contributed by atoms with Gasteiger partial charge in [0.05, 0.1) is 12.2 Å². The van der Waals surface area contributed by atoms with Gasteiger partial charge in [-0.15, -0.1) is 0 Å². The van der Waals surface area contributed by atoms with Crippen molar-refractivity contribution in [3.05, 3.63) is 36.2 Å². The number of rotatable bonds is 4. The third-order valence-corrected chi connectivity index (χ3v) is 2.58. The van der Waals surface area contributed by atoms with Crippen molar-refractivity contribution in [2.24, 2.45) is 10.9 Å². The zero-order valence-corrected chi connectivity index (χ0v) is 10.4. The minimum atomic E-state index is -0.0108. The highest BCUT2D eigenvalue weighted by Crippen LogP contribution is 2.07. The van der Waals surface area contributed by atoms with E-state index in [2.05, 4.69) is 29.1 Å². The highest BCUT2D eigenvalue weighted by atomic mass is 16.4. The average molecular weight is 248 g/mol. The minimum absolute atomic E-state index is 0.0108. The van der Waals surface area contributed by atoms with Crippen molar-refractivity contribution >= 4 is 5.84 Å². The lowest BCUT2D eigenvalue weighted by Gasteiger charge is -2.06. The summed E-state index contributed by atoms with van der Waals surface area (Å²) in [5.74, 6) is 0.417. The normalized spacial score (nSPS) is 12.3. The predicted octanol–water partition coefficient (Wildman–Crippen LogP) is 0.803. The summed E-state index contributed by atoms with van der Waals surface area (Å²) in [5, 5.41) is 16.1. The highest BCUT2D eigenvalue weighted by molar-refractivity contribution is 5.93. The first kappa shape index (κ1) is 12.2. The monoisotopic (exact) mass is 248 g/mol. The van der Waals surface area contributed by atoms with E-state index in [1.165, 1.54) is 0 Å². The van der Waals surface area contributed by atoms with Crippen molar-refractivity contribution < 1.29 is 5.21 Å². The zero-order chi connectivity index (χ0) is 13.1. The molecule has 2 aromatic rings. The van der Waals surface area contributed by atoms with Crippen LogP contribution in [0.15, 0.2) is 29.8 Å². The van der Waals surface area contributed by atoms with Crippen LogP contribution in [-0.4, -0.2) is 30.4 Å². The lowest BCUT2D eigenvalue weighted by molar-refractivity contribution is 0.318. The fraction of sp³-hybridized carbons (Fsp3) is 0.364. The quantitative estimate of drug-likeness (QED) is 0.362. The van der Waals surface area contributed by atoms with Crippen molar-refractivity contribution in [3.8, 4) is 0 Å². The summed E-state index contributed by atoms with van der Waals surface area (Å²) in [6, 6.07) is 2.26. The van der Waals surface area contributed by atoms with Crippen LogP contribution in [-0.2, 0) is 6.54 Å². The standard InChI is InChI=1S/C11H16N6O/c1-8(2)17-5-3-9(14-17)7-16-6-4-13-11(16)10(12)15-18/h3-6,8,18H,7H2,1-2H3,(H2,12,15). The molecule has 3 N–H and O–H groups in total. The third-order valence-electron chi connectivity index (χ3n) is 2.58. The van der Waals surface area contributed by atoms with Gasteiger partial charge in [-0.25, -0.2) is 4.98 Å². The first-order valence-electron chi connectivity index (χ1n) is 5.65. The van der Waals surface area contributed by atoms with Gasteiger partial charge in [-0.2, -0.15) is 5.10 Å². The molecule has 0 spiro atoms. The maximum Gasteiger partial charge on any atom is 0.206 e. The molecule has 2 heterocycles. The number of hydrogen-bond donors (Lipinski definition) is 2. The molecule has 0 unspecified atom stereocenters. The van der Waals surface area contributed by atoms with Gasteiger partial charge in [0.2, 0.25) is 5.84 Å². The Hall–Kier alpha value is -2.31. The van der Waals surface area contributed by atoms with Gasteiger partial charge in [-0.3, -0.25) is 4.68 Å². The van der Waals surface area contributed by atoms with Gasteiger partial charge in [0.1, 0.15) is 0 Å². The molecule has 0 bridgehead atoms. The summed E-state index contributed by atoms with van der Waals surface area (Å²) in [6.07, 6.45) is 5.30. The van der Waals surface area contributed by atoms with Crippen molar-refractivity contribution in [2.75, 3.05) is 0 Å². The molecule has 0 aliphatic rings. The second-order valence-corrected chi connectivity index (χ2v) is 4.24. The van der Waals surface area contributed by atoms with E-state index in [1.807, 2.05) is 16.9 Å². The van der Waals surface area contributed by atoms with E-state index in [0.29, 0.717) is 18.4 Å². The van der Waals surface area contributed by atoms with Gasteiger partial charge in [-0.05, 0) is 19.9 Å². The lowest BCUT2D eigenvalue weighted by Crippen LogP contribution is -2.20. The molecule has 2 aromatic heterocycles. The van der Waals surface area contributed by atoms with E-state index >= 15 is 0 Å². The molecule has 0 saturated carbocycles. The number of nitrogens with two attached hydrogens (primary N) is 1. The minimum Gasteiger partial charge on any atom is -0.409 e. The summed E-state index contributed by atoms with van der Waals surface area (Å²) >= 11 is 0. The Morgan fingerprint density at radius 3 is 2.89 bits per heavy atom. The first-order chi connectivity index (χ1) is 8.61. The van der Waals surface area contributed by atoms with Crippen molar-refractivity contribution in [1.82, 2.24) is 19.3 Å². The van der Waals surface area contributed by atoms with E-state index in [4.69, 9.17) is 10.9 Å². The molecule has 96 valence electrons. The Balaban J connectivity index is 2.21. The van der Waals surface area contributed by atoms with Crippen LogP contribution in [0.1, 0.15) is 31.4 Å². The number of nitrogens with zero attached hydrogens (tertiary/aromatic N) is 5. The van der Waals surface area contributed by atoms with Crippen LogP contribution in [0.5, 0.6) is 0 Å². The molecule has 0 fully saturated rings. The zero-order valence-electron chi connectivity index (χ0n) is 10.4. The fourth-order valence-electron chi connectivity index (χ4n) is 1.64. The Labute approximate surface area is 105 Å². The summed E-state index contributed by atoms with van der Waals surface area (Å²) in [7, 11) is 0. The Bertz CT molecular complexity index is 553. The molecule has 0 radical (unpaired) electrons. The van der Waals surface area contributed by atoms with Gasteiger partial charge in [0.25, 0.3) is 0 Å². The van der Waals surface area contributed by atoms with Crippen LogP contribution < -0.4 is 5.73 Å². The van der Waals surface area contributed by atoms with E-state index in [9.17, 15) is 0 Å². The Morgan fingerprint density at radius 2 is 2.28 bits per heavy atom. The number of aromatic nitrogens is 4. The van der Waals surface area contributed by atoms with Crippen LogP contribution in [0.2, 0.25) is 0 Å².